The molecule has 0 aliphatic heterocycles. The van der Waals surface area contributed by atoms with Crippen molar-refractivity contribution in [3.63, 3.8) is 0 Å². The van der Waals surface area contributed by atoms with Crippen molar-refractivity contribution in [2.45, 2.75) is 32.6 Å². The van der Waals surface area contributed by atoms with Gasteiger partial charge in [0.1, 0.15) is 5.75 Å². The minimum absolute atomic E-state index is 0.000165. The number of unbranched alkanes of at least 4 members (excludes halogenated alkanes) is 1. The highest BCUT2D eigenvalue weighted by molar-refractivity contribution is 7.85. The van der Waals surface area contributed by atoms with Crippen LogP contribution in [0, 0.1) is 0 Å². The van der Waals surface area contributed by atoms with E-state index in [-0.39, 0.29) is 23.8 Å². The molecule has 0 aliphatic rings. The zero-order valence-corrected chi connectivity index (χ0v) is 11.3. The number of carboxylic acids is 1. The van der Waals surface area contributed by atoms with E-state index in [1.165, 1.54) is 0 Å². The number of carboxylic acid groups (broad SMARTS) is 1. The van der Waals surface area contributed by atoms with Gasteiger partial charge in [0.05, 0.1) is 0 Å². The third kappa shape index (κ3) is 8.85. The molecule has 0 bridgehead atoms. The van der Waals surface area contributed by atoms with Crippen LogP contribution in [0.15, 0.2) is 0 Å². The van der Waals surface area contributed by atoms with Crippen molar-refractivity contribution >= 4 is 22.7 Å². The van der Waals surface area contributed by atoms with E-state index in [9.17, 15) is 13.8 Å². The Morgan fingerprint density at radius 1 is 1.29 bits per heavy atom. The van der Waals surface area contributed by atoms with E-state index >= 15 is 0 Å². The van der Waals surface area contributed by atoms with Crippen LogP contribution in [-0.2, 0) is 20.4 Å². The molecule has 100 valence electrons. The first-order valence-electron chi connectivity index (χ1n) is 5.78. The average molecular weight is 263 g/mol. The summed E-state index contributed by atoms with van der Waals surface area (Å²) in [7, 11) is 0.454. The van der Waals surface area contributed by atoms with E-state index in [1.807, 2.05) is 6.92 Å². The summed E-state index contributed by atoms with van der Waals surface area (Å²) in [5, 5.41) is 8.42. The predicted molar refractivity (Wildman–Crippen MR) is 67.3 cm³/mol. The van der Waals surface area contributed by atoms with Gasteiger partial charge < -0.3 is 10.0 Å². The highest BCUT2D eigenvalue weighted by Gasteiger charge is 2.12. The van der Waals surface area contributed by atoms with Gasteiger partial charge in [-0.15, -0.1) is 0 Å². The van der Waals surface area contributed by atoms with Crippen LogP contribution in [0.2, 0.25) is 0 Å². The van der Waals surface area contributed by atoms with Gasteiger partial charge >= 0.3 is 5.97 Å². The third-order valence-corrected chi connectivity index (χ3v) is 3.63. The Hall–Kier alpha value is -0.910. The second kappa shape index (κ2) is 9.15. The summed E-state index contributed by atoms with van der Waals surface area (Å²) in [5.74, 6) is -0.750. The fraction of sp³-hybridized carbons (Fsp3) is 0.818. The lowest BCUT2D eigenvalue weighted by Crippen LogP contribution is -2.32. The van der Waals surface area contributed by atoms with E-state index in [0.717, 1.165) is 12.8 Å². The van der Waals surface area contributed by atoms with Crippen LogP contribution >= 0.6 is 0 Å². The molecule has 0 saturated heterocycles. The molecule has 6 heteroatoms. The first kappa shape index (κ1) is 16.1. The van der Waals surface area contributed by atoms with Crippen molar-refractivity contribution in [1.29, 1.82) is 0 Å². The van der Waals surface area contributed by atoms with Gasteiger partial charge in [-0.05, 0) is 12.8 Å². The first-order chi connectivity index (χ1) is 7.97. The molecule has 1 unspecified atom stereocenters. The van der Waals surface area contributed by atoms with E-state index in [0.29, 0.717) is 13.0 Å². The maximum Gasteiger partial charge on any atom is 0.303 e. The van der Waals surface area contributed by atoms with E-state index in [1.54, 1.807) is 11.9 Å². The van der Waals surface area contributed by atoms with Crippen molar-refractivity contribution in [2.75, 3.05) is 25.1 Å². The minimum atomic E-state index is -1.25. The van der Waals surface area contributed by atoms with E-state index in [4.69, 9.17) is 5.11 Å². The lowest BCUT2D eigenvalue weighted by Gasteiger charge is -2.16. The molecule has 0 aliphatic carbocycles. The number of hydrogen-bond donors (Lipinski definition) is 1. The molecule has 17 heavy (non-hydrogen) atoms. The maximum atomic E-state index is 11.6. The lowest BCUT2D eigenvalue weighted by molar-refractivity contribution is -0.137. The summed E-state index contributed by atoms with van der Waals surface area (Å²) in [4.78, 5) is 23.4. The van der Waals surface area contributed by atoms with Gasteiger partial charge in [-0.2, -0.15) is 0 Å². The molecule has 1 atom stereocenters. The Morgan fingerprint density at radius 2 is 1.94 bits per heavy atom. The summed E-state index contributed by atoms with van der Waals surface area (Å²) in [6.07, 6.45) is 2.31. The standard InChI is InChI=1S/C11H21NO4S/c1-3-4-7-12(2)10(13)9-17(16)8-5-6-11(14)15/h3-9H2,1-2H3,(H,14,15). The summed E-state index contributed by atoms with van der Waals surface area (Å²) < 4.78 is 11.5. The molecule has 0 fully saturated rings. The largest absolute Gasteiger partial charge is 0.481 e. The van der Waals surface area contributed by atoms with Crippen molar-refractivity contribution in [2.24, 2.45) is 0 Å². The van der Waals surface area contributed by atoms with Crippen LogP contribution in [-0.4, -0.2) is 51.2 Å². The van der Waals surface area contributed by atoms with Gasteiger partial charge in [-0.1, -0.05) is 13.3 Å². The van der Waals surface area contributed by atoms with Gasteiger partial charge in [-0.3, -0.25) is 13.8 Å². The quantitative estimate of drug-likeness (QED) is 0.669. The predicted octanol–water partition coefficient (Wildman–Crippen LogP) is 0.858. The number of amides is 1. The molecule has 5 nitrogen and oxygen atoms in total. The Morgan fingerprint density at radius 3 is 2.47 bits per heavy atom. The van der Waals surface area contributed by atoms with Gasteiger partial charge in [-0.25, -0.2) is 0 Å². The van der Waals surface area contributed by atoms with Crippen molar-refractivity contribution in [3.05, 3.63) is 0 Å². The van der Waals surface area contributed by atoms with Gasteiger partial charge in [0.25, 0.3) is 0 Å². The minimum Gasteiger partial charge on any atom is -0.481 e. The number of carbonyl (C=O) groups excluding carboxylic acids is 1. The molecular weight excluding hydrogens is 242 g/mol. The van der Waals surface area contributed by atoms with Crippen LogP contribution in [0.3, 0.4) is 0 Å². The molecule has 1 N–H and O–H groups in total. The second-order valence-corrected chi connectivity index (χ2v) is 5.53. The second-order valence-electron chi connectivity index (χ2n) is 3.95. The van der Waals surface area contributed by atoms with Crippen molar-refractivity contribution in [3.8, 4) is 0 Å². The smallest absolute Gasteiger partial charge is 0.303 e. The molecule has 0 aromatic carbocycles. The number of carbonyl (C=O) groups is 2. The molecule has 0 spiro atoms. The lowest BCUT2D eigenvalue weighted by atomic mass is 10.3. The fourth-order valence-electron chi connectivity index (χ4n) is 1.22. The fourth-order valence-corrected chi connectivity index (χ4v) is 2.33. The van der Waals surface area contributed by atoms with Crippen LogP contribution in [0.1, 0.15) is 32.6 Å². The van der Waals surface area contributed by atoms with Gasteiger partial charge in [0.2, 0.25) is 5.91 Å². The maximum absolute atomic E-state index is 11.6. The number of nitrogens with zero attached hydrogens (tertiary/aromatic N) is 1. The molecule has 0 rings (SSSR count). The Labute approximate surface area is 105 Å². The monoisotopic (exact) mass is 263 g/mol. The highest BCUT2D eigenvalue weighted by Crippen LogP contribution is 1.97. The van der Waals surface area contributed by atoms with Crippen LogP contribution in [0.5, 0.6) is 0 Å². The van der Waals surface area contributed by atoms with E-state index < -0.39 is 16.8 Å². The topological polar surface area (TPSA) is 74.7 Å². The Balaban J connectivity index is 3.79. The number of hydrogen-bond acceptors (Lipinski definition) is 3. The number of aliphatic carboxylic acids is 1. The Bertz CT molecular complexity index is 281. The summed E-state index contributed by atoms with van der Waals surface area (Å²) in [6, 6.07) is 0. The third-order valence-electron chi connectivity index (χ3n) is 2.32. The van der Waals surface area contributed by atoms with Gasteiger partial charge in [0.15, 0.2) is 0 Å². The average Bonchev–Trinajstić information content (AvgIpc) is 2.25. The molecule has 1 amide bonds. The summed E-state index contributed by atoms with van der Waals surface area (Å²) in [5.41, 5.74) is 0. The van der Waals surface area contributed by atoms with Crippen LogP contribution in [0.25, 0.3) is 0 Å². The van der Waals surface area contributed by atoms with E-state index in [2.05, 4.69) is 0 Å². The van der Waals surface area contributed by atoms with Crippen molar-refractivity contribution in [1.82, 2.24) is 4.90 Å². The zero-order chi connectivity index (χ0) is 13.3. The summed E-state index contributed by atoms with van der Waals surface area (Å²) in [6.45, 7) is 2.73. The first-order valence-corrected chi connectivity index (χ1v) is 7.27. The molecular formula is C11H21NO4S. The van der Waals surface area contributed by atoms with Gasteiger partial charge in [0, 0.05) is 36.6 Å². The SMILES string of the molecule is CCCCN(C)C(=O)CS(=O)CCCC(=O)O. The number of rotatable bonds is 9. The summed E-state index contributed by atoms with van der Waals surface area (Å²) >= 11 is 0. The molecule has 0 radical (unpaired) electrons. The molecule has 0 saturated carbocycles. The highest BCUT2D eigenvalue weighted by atomic mass is 32.2. The van der Waals surface area contributed by atoms with Crippen molar-refractivity contribution < 1.29 is 18.9 Å². The molecule has 0 aromatic rings. The molecule has 0 aromatic heterocycles. The van der Waals surface area contributed by atoms with Crippen LogP contribution in [0.4, 0.5) is 0 Å². The normalized spacial score (nSPS) is 12.1. The van der Waals surface area contributed by atoms with Crippen LogP contribution < -0.4 is 0 Å². The Kier molecular flexibility index (Phi) is 8.66. The molecule has 0 heterocycles. The zero-order valence-electron chi connectivity index (χ0n) is 10.5.